The van der Waals surface area contributed by atoms with E-state index in [-0.39, 0.29) is 12.0 Å². The molecule has 2 aliphatic rings. The van der Waals surface area contributed by atoms with Gasteiger partial charge in [-0.2, -0.15) is 0 Å². The zero-order valence-corrected chi connectivity index (χ0v) is 13.0. The molecule has 0 aliphatic carbocycles. The SMILES string of the molecule is O=C1O[C@@H](C(=O)NC[C@@H]2Cc3ccccc3O2)Cc2ccccc21. The Bertz CT molecular complexity index is 776. The molecule has 5 nitrogen and oxygen atoms in total. The molecule has 0 radical (unpaired) electrons. The van der Waals surface area contributed by atoms with E-state index < -0.39 is 12.1 Å². The number of hydrogen-bond donors (Lipinski definition) is 1. The molecule has 4 rings (SSSR count). The first-order chi connectivity index (χ1) is 11.7. The minimum absolute atomic E-state index is 0.0853. The first-order valence-electron chi connectivity index (χ1n) is 8.02. The minimum atomic E-state index is -0.781. The second kappa shape index (κ2) is 6.00. The summed E-state index contributed by atoms with van der Waals surface area (Å²) in [6.07, 6.45) is 0.303. The van der Waals surface area contributed by atoms with Crippen LogP contribution in [0.15, 0.2) is 48.5 Å². The summed E-state index contributed by atoms with van der Waals surface area (Å²) < 4.78 is 11.1. The number of ether oxygens (including phenoxy) is 2. The van der Waals surface area contributed by atoms with Gasteiger partial charge in [-0.25, -0.2) is 4.79 Å². The molecule has 2 aliphatic heterocycles. The number of benzene rings is 2. The molecule has 0 unspecified atom stereocenters. The fourth-order valence-electron chi connectivity index (χ4n) is 3.17. The fraction of sp³-hybridized carbons (Fsp3) is 0.263. The number of carbonyl (C=O) groups is 2. The van der Waals surface area contributed by atoms with Crippen molar-refractivity contribution in [1.82, 2.24) is 5.32 Å². The lowest BCUT2D eigenvalue weighted by atomic mass is 9.98. The van der Waals surface area contributed by atoms with E-state index in [1.165, 1.54) is 0 Å². The molecule has 1 amide bonds. The van der Waals surface area contributed by atoms with Gasteiger partial charge in [-0.3, -0.25) is 4.79 Å². The molecular weight excluding hydrogens is 306 g/mol. The molecule has 0 aromatic heterocycles. The van der Waals surface area contributed by atoms with Gasteiger partial charge in [-0.05, 0) is 23.3 Å². The van der Waals surface area contributed by atoms with Gasteiger partial charge < -0.3 is 14.8 Å². The van der Waals surface area contributed by atoms with Crippen LogP contribution in [0.1, 0.15) is 21.5 Å². The Kier molecular flexibility index (Phi) is 3.69. The van der Waals surface area contributed by atoms with E-state index in [1.807, 2.05) is 36.4 Å². The van der Waals surface area contributed by atoms with Crippen molar-refractivity contribution >= 4 is 11.9 Å². The lowest BCUT2D eigenvalue weighted by molar-refractivity contribution is -0.130. The molecule has 2 atom stereocenters. The van der Waals surface area contributed by atoms with Crippen molar-refractivity contribution in [1.29, 1.82) is 0 Å². The zero-order valence-electron chi connectivity index (χ0n) is 13.0. The second-order valence-electron chi connectivity index (χ2n) is 6.05. The Labute approximate surface area is 139 Å². The normalized spacial score (nSPS) is 21.2. The van der Waals surface area contributed by atoms with E-state index in [4.69, 9.17) is 9.47 Å². The predicted octanol–water partition coefficient (Wildman–Crippen LogP) is 1.89. The maximum Gasteiger partial charge on any atom is 0.339 e. The molecule has 0 bridgehead atoms. The topological polar surface area (TPSA) is 64.6 Å². The molecule has 0 saturated heterocycles. The monoisotopic (exact) mass is 323 g/mol. The van der Waals surface area contributed by atoms with Crippen LogP contribution in [0.5, 0.6) is 5.75 Å². The molecule has 2 aromatic rings. The highest BCUT2D eigenvalue weighted by molar-refractivity contribution is 5.95. The largest absolute Gasteiger partial charge is 0.488 e. The summed E-state index contributed by atoms with van der Waals surface area (Å²) in [6.45, 7) is 0.392. The first kappa shape index (κ1) is 14.8. The first-order valence-corrected chi connectivity index (χ1v) is 8.02. The van der Waals surface area contributed by atoms with Crippen LogP contribution in [0.4, 0.5) is 0 Å². The van der Waals surface area contributed by atoms with Crippen LogP contribution < -0.4 is 10.1 Å². The molecule has 0 fully saturated rings. The maximum atomic E-state index is 12.3. The van der Waals surface area contributed by atoms with Gasteiger partial charge >= 0.3 is 5.97 Å². The fourth-order valence-corrected chi connectivity index (χ4v) is 3.17. The van der Waals surface area contributed by atoms with E-state index in [0.717, 1.165) is 23.3 Å². The summed E-state index contributed by atoms with van der Waals surface area (Å²) in [5.74, 6) is 0.147. The van der Waals surface area contributed by atoms with Gasteiger partial charge in [-0.15, -0.1) is 0 Å². The second-order valence-corrected chi connectivity index (χ2v) is 6.05. The molecule has 1 N–H and O–H groups in total. The van der Waals surface area contributed by atoms with Crippen LogP contribution in [0.25, 0.3) is 0 Å². The molecule has 122 valence electrons. The van der Waals surface area contributed by atoms with Gasteiger partial charge in [0.1, 0.15) is 11.9 Å². The standard InChI is InChI=1S/C19H17NO4/c21-18(17-10-12-5-1-3-7-15(12)19(22)24-17)20-11-14-9-13-6-2-4-8-16(13)23-14/h1-8,14,17H,9-11H2,(H,20,21)/t14-,17+/m0/s1. The number of carbonyl (C=O) groups excluding carboxylic acids is 2. The third-order valence-electron chi connectivity index (χ3n) is 4.40. The van der Waals surface area contributed by atoms with Gasteiger partial charge in [0, 0.05) is 12.8 Å². The summed E-state index contributed by atoms with van der Waals surface area (Å²) in [7, 11) is 0. The average molecular weight is 323 g/mol. The lowest BCUT2D eigenvalue weighted by Crippen LogP contribution is -2.44. The van der Waals surface area contributed by atoms with Crippen molar-refractivity contribution in [2.24, 2.45) is 0 Å². The number of esters is 1. The lowest BCUT2D eigenvalue weighted by Gasteiger charge is -2.24. The van der Waals surface area contributed by atoms with E-state index >= 15 is 0 Å². The molecular formula is C19H17NO4. The van der Waals surface area contributed by atoms with Crippen LogP contribution in [0.3, 0.4) is 0 Å². The Hall–Kier alpha value is -2.82. The Morgan fingerprint density at radius 1 is 1.00 bits per heavy atom. The van der Waals surface area contributed by atoms with Gasteiger partial charge in [-0.1, -0.05) is 36.4 Å². The number of rotatable bonds is 3. The van der Waals surface area contributed by atoms with E-state index in [0.29, 0.717) is 18.5 Å². The average Bonchev–Trinajstić information content (AvgIpc) is 3.02. The van der Waals surface area contributed by atoms with E-state index in [1.54, 1.807) is 12.1 Å². The maximum absolute atomic E-state index is 12.3. The summed E-state index contributed by atoms with van der Waals surface area (Å²) in [5.41, 5.74) is 2.53. The van der Waals surface area contributed by atoms with Crippen molar-refractivity contribution in [3.63, 3.8) is 0 Å². The number of nitrogens with one attached hydrogen (secondary N) is 1. The van der Waals surface area contributed by atoms with Crippen LogP contribution in [-0.4, -0.2) is 30.6 Å². The number of hydrogen-bond acceptors (Lipinski definition) is 4. The molecule has 2 heterocycles. The Morgan fingerprint density at radius 2 is 1.75 bits per heavy atom. The summed E-state index contributed by atoms with van der Waals surface area (Å²) >= 11 is 0. The molecule has 24 heavy (non-hydrogen) atoms. The molecule has 0 spiro atoms. The van der Waals surface area contributed by atoms with E-state index in [9.17, 15) is 9.59 Å². The predicted molar refractivity (Wildman–Crippen MR) is 86.9 cm³/mol. The Morgan fingerprint density at radius 3 is 2.58 bits per heavy atom. The van der Waals surface area contributed by atoms with Crippen molar-refractivity contribution in [2.45, 2.75) is 25.0 Å². The smallest absolute Gasteiger partial charge is 0.339 e. The van der Waals surface area contributed by atoms with Gasteiger partial charge in [0.25, 0.3) is 5.91 Å². The highest BCUT2D eigenvalue weighted by Gasteiger charge is 2.32. The van der Waals surface area contributed by atoms with Crippen molar-refractivity contribution < 1.29 is 19.1 Å². The minimum Gasteiger partial charge on any atom is -0.488 e. The van der Waals surface area contributed by atoms with Crippen molar-refractivity contribution in [2.75, 3.05) is 6.54 Å². The molecule has 2 aromatic carbocycles. The van der Waals surface area contributed by atoms with Crippen molar-refractivity contribution in [3.05, 3.63) is 65.2 Å². The third-order valence-corrected chi connectivity index (χ3v) is 4.40. The van der Waals surface area contributed by atoms with Gasteiger partial charge in [0.2, 0.25) is 0 Å². The van der Waals surface area contributed by atoms with Crippen molar-refractivity contribution in [3.8, 4) is 5.75 Å². The summed E-state index contributed by atoms with van der Waals surface area (Å²) in [6, 6.07) is 15.1. The molecule has 5 heteroatoms. The van der Waals surface area contributed by atoms with Gasteiger partial charge in [0.05, 0.1) is 12.1 Å². The number of para-hydroxylation sites is 1. The quantitative estimate of drug-likeness (QED) is 0.876. The zero-order chi connectivity index (χ0) is 16.5. The molecule has 0 saturated carbocycles. The third kappa shape index (κ3) is 2.73. The Balaban J connectivity index is 1.36. The number of fused-ring (bicyclic) bond motifs is 2. The van der Waals surface area contributed by atoms with Crippen LogP contribution in [-0.2, 0) is 22.4 Å². The highest BCUT2D eigenvalue weighted by Crippen LogP contribution is 2.27. The summed E-state index contributed by atoms with van der Waals surface area (Å²) in [4.78, 5) is 24.3. The van der Waals surface area contributed by atoms with Crippen LogP contribution >= 0.6 is 0 Å². The summed E-state index contributed by atoms with van der Waals surface area (Å²) in [5, 5.41) is 2.84. The van der Waals surface area contributed by atoms with Gasteiger partial charge in [0.15, 0.2) is 6.10 Å². The van der Waals surface area contributed by atoms with Crippen LogP contribution in [0.2, 0.25) is 0 Å². The van der Waals surface area contributed by atoms with Crippen LogP contribution in [0, 0.1) is 0 Å². The van der Waals surface area contributed by atoms with E-state index in [2.05, 4.69) is 5.32 Å². The highest BCUT2D eigenvalue weighted by atomic mass is 16.5. The number of amides is 1. The number of cyclic esters (lactones) is 1.